The van der Waals surface area contributed by atoms with Crippen molar-refractivity contribution >= 4 is 10.8 Å². The molecule has 116 valence electrons. The predicted molar refractivity (Wildman–Crippen MR) is 77.6 cm³/mol. The molecule has 0 amide bonds. The van der Waals surface area contributed by atoms with Crippen LogP contribution in [0.25, 0.3) is 0 Å². The standard InChI is InChI=1S/C14H14F2N4OS/c1-3-4-10(15)7-9(2)12-8-11(16)13-18-14(19-20(12)13)22(21)6-5-17/h3-4,7,11-12H,2,6,8H2,1H3/b4-3-,10-7+/t11-,12-,22-/m0/s1. The molecule has 5 nitrogen and oxygen atoms in total. The summed E-state index contributed by atoms with van der Waals surface area (Å²) in [6.07, 6.45) is 2.68. The van der Waals surface area contributed by atoms with Crippen LogP contribution in [-0.2, 0) is 10.8 Å². The van der Waals surface area contributed by atoms with E-state index in [0.717, 1.165) is 0 Å². The average molecular weight is 324 g/mol. The molecular weight excluding hydrogens is 310 g/mol. The zero-order valence-electron chi connectivity index (χ0n) is 11.9. The molecule has 1 aliphatic heterocycles. The molecule has 0 fully saturated rings. The SMILES string of the molecule is C=C(/C=C(F)\C=C/C)[C@@H]1C[C@H](F)c2nc([S@@](=O)CC#N)nn21. The Kier molecular flexibility index (Phi) is 4.98. The lowest BCUT2D eigenvalue weighted by molar-refractivity contribution is 0.326. The van der Waals surface area contributed by atoms with Crippen LogP contribution in [0.4, 0.5) is 8.78 Å². The average Bonchev–Trinajstić information content (AvgIpc) is 3.00. The maximum atomic E-state index is 14.0. The van der Waals surface area contributed by atoms with Crippen LogP contribution >= 0.6 is 0 Å². The third-order valence-corrected chi connectivity index (χ3v) is 4.09. The molecule has 3 atom stereocenters. The summed E-state index contributed by atoms with van der Waals surface area (Å²) in [6, 6.07) is 1.17. The van der Waals surface area contributed by atoms with E-state index < -0.39 is 28.8 Å². The zero-order chi connectivity index (χ0) is 16.3. The highest BCUT2D eigenvalue weighted by atomic mass is 32.2. The minimum Gasteiger partial charge on any atom is -0.250 e. The first-order valence-electron chi connectivity index (χ1n) is 6.52. The summed E-state index contributed by atoms with van der Waals surface area (Å²) in [5.74, 6) is -0.723. The lowest BCUT2D eigenvalue weighted by atomic mass is 10.1. The topological polar surface area (TPSA) is 71.6 Å². The van der Waals surface area contributed by atoms with Gasteiger partial charge in [0.25, 0.3) is 0 Å². The number of aromatic nitrogens is 3. The van der Waals surface area contributed by atoms with E-state index in [2.05, 4.69) is 16.7 Å². The number of hydrogen-bond donors (Lipinski definition) is 0. The summed E-state index contributed by atoms with van der Waals surface area (Å²) in [4.78, 5) is 3.89. The van der Waals surface area contributed by atoms with Gasteiger partial charge >= 0.3 is 0 Å². The van der Waals surface area contributed by atoms with E-state index in [1.165, 1.54) is 22.9 Å². The van der Waals surface area contributed by atoms with Gasteiger partial charge in [-0.05, 0) is 24.6 Å². The summed E-state index contributed by atoms with van der Waals surface area (Å²) < 4.78 is 40.5. The maximum absolute atomic E-state index is 14.0. The highest BCUT2D eigenvalue weighted by Crippen LogP contribution is 2.39. The van der Waals surface area contributed by atoms with Crippen LogP contribution in [0.2, 0.25) is 0 Å². The number of alkyl halides is 1. The van der Waals surface area contributed by atoms with Crippen molar-refractivity contribution in [2.24, 2.45) is 0 Å². The Hall–Kier alpha value is -2.14. The van der Waals surface area contributed by atoms with Crippen molar-refractivity contribution in [3.63, 3.8) is 0 Å². The first-order chi connectivity index (χ1) is 10.5. The molecule has 0 spiro atoms. The molecule has 1 aromatic heterocycles. The van der Waals surface area contributed by atoms with Gasteiger partial charge in [-0.15, -0.1) is 5.10 Å². The Bertz CT molecular complexity index is 717. The van der Waals surface area contributed by atoms with Crippen LogP contribution in [0, 0.1) is 11.3 Å². The molecule has 1 aromatic rings. The van der Waals surface area contributed by atoms with Crippen molar-refractivity contribution in [2.45, 2.75) is 30.7 Å². The molecule has 8 heteroatoms. The van der Waals surface area contributed by atoms with Crippen molar-refractivity contribution in [1.29, 1.82) is 5.26 Å². The third kappa shape index (κ3) is 3.20. The van der Waals surface area contributed by atoms with Crippen molar-refractivity contribution in [1.82, 2.24) is 14.8 Å². The molecule has 0 unspecified atom stereocenters. The number of nitrogens with zero attached hydrogens (tertiary/aromatic N) is 4. The van der Waals surface area contributed by atoms with Gasteiger partial charge in [-0.25, -0.2) is 22.7 Å². The number of rotatable bonds is 5. The maximum Gasteiger partial charge on any atom is 0.240 e. The van der Waals surface area contributed by atoms with E-state index in [9.17, 15) is 13.0 Å². The number of allylic oxidation sites excluding steroid dienone is 5. The van der Waals surface area contributed by atoms with Crippen LogP contribution in [0.15, 0.2) is 41.4 Å². The van der Waals surface area contributed by atoms with Gasteiger partial charge in [-0.2, -0.15) is 5.26 Å². The van der Waals surface area contributed by atoms with Crippen molar-refractivity contribution in [3.05, 3.63) is 42.0 Å². The number of hydrogen-bond acceptors (Lipinski definition) is 4. The first-order valence-corrected chi connectivity index (χ1v) is 7.84. The summed E-state index contributed by atoms with van der Waals surface area (Å²) in [7, 11) is -1.70. The summed E-state index contributed by atoms with van der Waals surface area (Å²) in [5.41, 5.74) is 0.347. The van der Waals surface area contributed by atoms with Crippen molar-refractivity contribution in [3.8, 4) is 6.07 Å². The van der Waals surface area contributed by atoms with E-state index >= 15 is 0 Å². The Balaban J connectivity index is 2.30. The fraction of sp³-hybridized carbons (Fsp3) is 0.357. The minimum absolute atomic E-state index is 0.0345. The van der Waals surface area contributed by atoms with Crippen LogP contribution in [0.5, 0.6) is 0 Å². The number of fused-ring (bicyclic) bond motifs is 1. The lowest BCUT2D eigenvalue weighted by Gasteiger charge is -2.11. The van der Waals surface area contributed by atoms with E-state index in [1.54, 1.807) is 13.0 Å². The molecule has 0 N–H and O–H groups in total. The summed E-state index contributed by atoms with van der Waals surface area (Å²) in [5, 5.41) is 12.4. The monoisotopic (exact) mass is 324 g/mol. The second-order valence-corrected chi connectivity index (χ2v) is 6.01. The number of halogens is 2. The summed E-state index contributed by atoms with van der Waals surface area (Å²) >= 11 is 0. The van der Waals surface area contributed by atoms with Crippen LogP contribution in [0.3, 0.4) is 0 Å². The second-order valence-electron chi connectivity index (χ2n) is 4.67. The second kappa shape index (κ2) is 6.75. The normalized spacial score (nSPS) is 22.5. The lowest BCUT2D eigenvalue weighted by Crippen LogP contribution is -2.08. The van der Waals surface area contributed by atoms with Gasteiger partial charge in [0.05, 0.1) is 12.1 Å². The molecule has 2 heterocycles. The van der Waals surface area contributed by atoms with Crippen molar-refractivity contribution < 1.29 is 13.0 Å². The Labute approximate surface area is 129 Å². The highest BCUT2D eigenvalue weighted by Gasteiger charge is 2.36. The van der Waals surface area contributed by atoms with Gasteiger partial charge in [0, 0.05) is 6.42 Å². The molecule has 0 radical (unpaired) electrons. The molecule has 0 aliphatic carbocycles. The fourth-order valence-electron chi connectivity index (χ4n) is 2.17. The van der Waals surface area contributed by atoms with Crippen LogP contribution in [0.1, 0.15) is 31.4 Å². The summed E-state index contributed by atoms with van der Waals surface area (Å²) in [6.45, 7) is 5.43. The highest BCUT2D eigenvalue weighted by molar-refractivity contribution is 7.85. The molecular formula is C14H14F2N4OS. The Morgan fingerprint density at radius 3 is 3.05 bits per heavy atom. The molecule has 2 rings (SSSR count). The molecule has 22 heavy (non-hydrogen) atoms. The third-order valence-electron chi connectivity index (χ3n) is 3.12. The predicted octanol–water partition coefficient (Wildman–Crippen LogP) is 2.85. The van der Waals surface area contributed by atoms with Gasteiger partial charge in [-0.1, -0.05) is 12.7 Å². The quantitative estimate of drug-likeness (QED) is 0.781. The van der Waals surface area contributed by atoms with Gasteiger partial charge in [0.15, 0.2) is 12.0 Å². The molecule has 0 saturated heterocycles. The first kappa shape index (κ1) is 16.2. The molecule has 0 aromatic carbocycles. The zero-order valence-corrected chi connectivity index (χ0v) is 12.7. The Morgan fingerprint density at radius 1 is 1.68 bits per heavy atom. The van der Waals surface area contributed by atoms with Gasteiger partial charge in [0.2, 0.25) is 5.16 Å². The van der Waals surface area contributed by atoms with Gasteiger partial charge in [0.1, 0.15) is 22.4 Å². The largest absolute Gasteiger partial charge is 0.250 e. The van der Waals surface area contributed by atoms with E-state index in [4.69, 9.17) is 5.26 Å². The van der Waals surface area contributed by atoms with E-state index in [1.807, 2.05) is 0 Å². The van der Waals surface area contributed by atoms with Gasteiger partial charge < -0.3 is 0 Å². The van der Waals surface area contributed by atoms with E-state index in [0.29, 0.717) is 5.57 Å². The molecule has 0 saturated carbocycles. The fourth-order valence-corrected chi connectivity index (χ4v) is 2.79. The Morgan fingerprint density at radius 2 is 2.41 bits per heavy atom. The number of nitriles is 1. The molecule has 1 aliphatic rings. The smallest absolute Gasteiger partial charge is 0.240 e. The van der Waals surface area contributed by atoms with Crippen LogP contribution in [-0.4, -0.2) is 24.7 Å². The molecule has 0 bridgehead atoms. The van der Waals surface area contributed by atoms with Gasteiger partial charge in [-0.3, -0.25) is 0 Å². The van der Waals surface area contributed by atoms with Crippen LogP contribution < -0.4 is 0 Å². The minimum atomic E-state index is -1.70. The van der Waals surface area contributed by atoms with E-state index in [-0.39, 0.29) is 23.2 Å². The van der Waals surface area contributed by atoms with Crippen molar-refractivity contribution in [2.75, 3.05) is 5.75 Å².